The number of oxime groups is 1. The second-order valence-corrected chi connectivity index (χ2v) is 8.49. The van der Waals surface area contributed by atoms with Crippen LogP contribution in [-0.2, 0) is 4.84 Å². The largest absolute Gasteiger partial charge is 0.387 e. The zero-order valence-electron chi connectivity index (χ0n) is 17.9. The molecule has 0 bridgehead atoms. The fraction of sp³-hybridized carbons (Fsp3) is 0.280. The van der Waals surface area contributed by atoms with Crippen LogP contribution in [-0.4, -0.2) is 30.5 Å². The first kappa shape index (κ1) is 20.4. The van der Waals surface area contributed by atoms with E-state index in [0.717, 1.165) is 35.5 Å². The molecule has 30 heavy (non-hydrogen) atoms. The molecule has 1 unspecified atom stereocenters. The minimum atomic E-state index is -0.0643. The van der Waals surface area contributed by atoms with Gasteiger partial charge in [0.1, 0.15) is 0 Å². The van der Waals surface area contributed by atoms with E-state index in [1.165, 1.54) is 22.3 Å². The maximum absolute atomic E-state index is 5.91. The molecule has 1 atom stereocenters. The first-order valence-electron chi connectivity index (χ1n) is 10.3. The summed E-state index contributed by atoms with van der Waals surface area (Å²) >= 11 is 1.71. The van der Waals surface area contributed by atoms with E-state index in [2.05, 4.69) is 89.0 Å². The van der Waals surface area contributed by atoms with E-state index >= 15 is 0 Å². The third-order valence-electron chi connectivity index (χ3n) is 5.56. The molecule has 0 fully saturated rings. The van der Waals surface area contributed by atoms with Gasteiger partial charge in [0.05, 0.1) is 17.7 Å². The molecule has 0 spiro atoms. The molecule has 2 aromatic carbocycles. The molecule has 2 heterocycles. The van der Waals surface area contributed by atoms with E-state index in [-0.39, 0.29) is 6.10 Å². The molecule has 0 radical (unpaired) electrons. The number of aliphatic imine (C=N–C) groups is 1. The average molecular weight is 418 g/mol. The van der Waals surface area contributed by atoms with Crippen LogP contribution in [0.3, 0.4) is 0 Å². The predicted octanol–water partition coefficient (Wildman–Crippen LogP) is 6.51. The lowest BCUT2D eigenvalue weighted by Gasteiger charge is -2.15. The van der Waals surface area contributed by atoms with Crippen molar-refractivity contribution in [3.05, 3.63) is 75.5 Å². The van der Waals surface area contributed by atoms with Crippen molar-refractivity contribution in [2.45, 2.75) is 33.3 Å². The fourth-order valence-corrected chi connectivity index (χ4v) is 4.32. The van der Waals surface area contributed by atoms with Crippen LogP contribution in [0.15, 0.2) is 63.4 Å². The summed E-state index contributed by atoms with van der Waals surface area (Å²) in [4.78, 5) is 12.6. The molecule has 0 amide bonds. The van der Waals surface area contributed by atoms with Crippen molar-refractivity contribution in [3.63, 3.8) is 0 Å². The Hall–Kier alpha value is -2.92. The Balaban J connectivity index is 1.57. The molecule has 1 aliphatic rings. The van der Waals surface area contributed by atoms with Crippen LogP contribution in [0.25, 0.3) is 11.1 Å². The number of thiophene rings is 1. The number of hydrogen-bond donors (Lipinski definition) is 0. The van der Waals surface area contributed by atoms with E-state index in [1.807, 2.05) is 13.4 Å². The molecule has 1 aromatic heterocycles. The average Bonchev–Trinajstić information content (AvgIpc) is 3.46. The Morgan fingerprint density at radius 1 is 1.17 bits per heavy atom. The van der Waals surface area contributed by atoms with Gasteiger partial charge in [0.25, 0.3) is 0 Å². The van der Waals surface area contributed by atoms with Crippen molar-refractivity contribution in [3.8, 4) is 11.1 Å². The highest BCUT2D eigenvalue weighted by Gasteiger charge is 2.27. The van der Waals surface area contributed by atoms with Crippen molar-refractivity contribution in [1.82, 2.24) is 4.90 Å². The van der Waals surface area contributed by atoms with E-state index in [4.69, 9.17) is 4.84 Å². The van der Waals surface area contributed by atoms with Gasteiger partial charge in [0, 0.05) is 25.6 Å². The zero-order valence-corrected chi connectivity index (χ0v) is 18.7. The third kappa shape index (κ3) is 4.17. The maximum atomic E-state index is 5.91. The van der Waals surface area contributed by atoms with Gasteiger partial charge in [0.15, 0.2) is 6.10 Å². The molecule has 0 aliphatic carbocycles. The van der Waals surface area contributed by atoms with Gasteiger partial charge in [-0.3, -0.25) is 0 Å². The Morgan fingerprint density at radius 3 is 2.70 bits per heavy atom. The van der Waals surface area contributed by atoms with Crippen molar-refractivity contribution in [1.29, 1.82) is 0 Å². The smallest absolute Gasteiger partial charge is 0.158 e. The first-order chi connectivity index (χ1) is 14.6. The van der Waals surface area contributed by atoms with Crippen molar-refractivity contribution < 1.29 is 4.84 Å². The van der Waals surface area contributed by atoms with Gasteiger partial charge < -0.3 is 9.74 Å². The fourth-order valence-electron chi connectivity index (χ4n) is 3.66. The van der Waals surface area contributed by atoms with Crippen LogP contribution in [0.2, 0.25) is 0 Å². The summed E-state index contributed by atoms with van der Waals surface area (Å²) in [6.45, 7) is 7.27. The monoisotopic (exact) mass is 417 g/mol. The molecule has 3 aromatic rings. The molecule has 154 valence electrons. The predicted molar refractivity (Wildman–Crippen MR) is 127 cm³/mol. The lowest BCUT2D eigenvalue weighted by Crippen LogP contribution is -2.14. The normalized spacial score (nSPS) is 16.0. The van der Waals surface area contributed by atoms with Crippen molar-refractivity contribution >= 4 is 29.1 Å². The van der Waals surface area contributed by atoms with Crippen LogP contribution in [0.5, 0.6) is 0 Å². The van der Waals surface area contributed by atoms with Crippen molar-refractivity contribution in [2.24, 2.45) is 10.1 Å². The molecule has 1 aliphatic heterocycles. The molecular weight excluding hydrogens is 390 g/mol. The minimum Gasteiger partial charge on any atom is -0.387 e. The second-order valence-electron chi connectivity index (χ2n) is 7.71. The van der Waals surface area contributed by atoms with Crippen molar-refractivity contribution in [2.75, 3.05) is 13.6 Å². The number of hydrogen-bond acceptors (Lipinski definition) is 4. The quantitative estimate of drug-likeness (QED) is 0.339. The SMILES string of the molecule is CCN(C)/C=N\c1cc(C)c(C2CC(c3ccccc3-c3ccsc3)=NO2)cc1C. The number of benzene rings is 2. The van der Waals surface area contributed by atoms with E-state index in [0.29, 0.717) is 0 Å². The van der Waals surface area contributed by atoms with E-state index in [1.54, 1.807) is 11.3 Å². The van der Waals surface area contributed by atoms with Gasteiger partial charge in [-0.15, -0.1) is 0 Å². The lowest BCUT2D eigenvalue weighted by atomic mass is 9.92. The van der Waals surface area contributed by atoms with Crippen LogP contribution < -0.4 is 0 Å². The summed E-state index contributed by atoms with van der Waals surface area (Å²) in [5.74, 6) is 0. The highest BCUT2D eigenvalue weighted by molar-refractivity contribution is 7.08. The maximum Gasteiger partial charge on any atom is 0.158 e. The number of rotatable bonds is 6. The molecule has 4 nitrogen and oxygen atoms in total. The highest BCUT2D eigenvalue weighted by atomic mass is 32.1. The standard InChI is InChI=1S/C25H27N3OS/c1-5-28(4)16-26-23-13-17(2)22(12-18(23)3)25-14-24(27-29-25)21-9-7-6-8-20(21)19-10-11-30-15-19/h6-13,15-16,25H,5,14H2,1-4H3/b26-16-. The topological polar surface area (TPSA) is 37.2 Å². The Labute approximate surface area is 182 Å². The van der Waals surface area contributed by atoms with Crippen LogP contribution in [0.4, 0.5) is 5.69 Å². The van der Waals surface area contributed by atoms with Gasteiger partial charge in [-0.2, -0.15) is 11.3 Å². The molecular formula is C25H27N3OS. The van der Waals surface area contributed by atoms with Gasteiger partial charge in [-0.1, -0.05) is 29.4 Å². The van der Waals surface area contributed by atoms with Gasteiger partial charge in [0.2, 0.25) is 0 Å². The van der Waals surface area contributed by atoms with Gasteiger partial charge in [-0.05, 0) is 77.5 Å². The molecule has 5 heteroatoms. The molecule has 0 N–H and O–H groups in total. The van der Waals surface area contributed by atoms with E-state index < -0.39 is 0 Å². The number of nitrogens with zero attached hydrogens (tertiary/aromatic N) is 3. The summed E-state index contributed by atoms with van der Waals surface area (Å²) < 4.78 is 0. The summed E-state index contributed by atoms with van der Waals surface area (Å²) in [6.07, 6.45) is 2.59. The van der Waals surface area contributed by atoms with E-state index in [9.17, 15) is 0 Å². The summed E-state index contributed by atoms with van der Waals surface area (Å²) in [5, 5.41) is 8.77. The minimum absolute atomic E-state index is 0.0643. The third-order valence-corrected chi connectivity index (χ3v) is 6.25. The van der Waals surface area contributed by atoms with Gasteiger partial charge >= 0.3 is 0 Å². The molecule has 4 rings (SSSR count). The second kappa shape index (κ2) is 8.84. The Morgan fingerprint density at radius 2 is 1.97 bits per heavy atom. The highest BCUT2D eigenvalue weighted by Crippen LogP contribution is 2.36. The molecule has 0 saturated carbocycles. The van der Waals surface area contributed by atoms with Crippen LogP contribution >= 0.6 is 11.3 Å². The Kier molecular flexibility index (Phi) is 6.00. The summed E-state index contributed by atoms with van der Waals surface area (Å²) in [7, 11) is 2.03. The lowest BCUT2D eigenvalue weighted by molar-refractivity contribution is 0.0852. The Bertz CT molecular complexity index is 1090. The summed E-state index contributed by atoms with van der Waals surface area (Å²) in [6, 6.07) is 14.9. The summed E-state index contributed by atoms with van der Waals surface area (Å²) in [5.41, 5.74) is 9.10. The molecule has 0 saturated heterocycles. The number of aryl methyl sites for hydroxylation is 2. The zero-order chi connectivity index (χ0) is 21.1. The van der Waals surface area contributed by atoms with Gasteiger partial charge in [-0.25, -0.2) is 4.99 Å². The first-order valence-corrected chi connectivity index (χ1v) is 11.2. The van der Waals surface area contributed by atoms with Crippen LogP contribution in [0.1, 0.15) is 41.7 Å². The van der Waals surface area contributed by atoms with Crippen LogP contribution in [0, 0.1) is 13.8 Å².